The van der Waals surface area contributed by atoms with Crippen LogP contribution in [-0.4, -0.2) is 28.9 Å². The number of ether oxygens (including phenoxy) is 2. The molecule has 1 atom stereocenters. The molecule has 0 aliphatic carbocycles. The lowest BCUT2D eigenvalue weighted by atomic mass is 10.1. The molecule has 3 aromatic rings. The van der Waals surface area contributed by atoms with E-state index in [1.54, 1.807) is 7.11 Å². The van der Waals surface area contributed by atoms with Crippen LogP contribution in [0.5, 0.6) is 11.5 Å². The summed E-state index contributed by atoms with van der Waals surface area (Å²) in [6.07, 6.45) is 0.881. The van der Waals surface area contributed by atoms with Crippen molar-refractivity contribution in [3.05, 3.63) is 76.2 Å². The minimum atomic E-state index is 0.0276. The van der Waals surface area contributed by atoms with E-state index in [0.29, 0.717) is 30.2 Å². The van der Waals surface area contributed by atoms with Gasteiger partial charge in [0.25, 0.3) is 5.91 Å². The number of thiazole rings is 1. The van der Waals surface area contributed by atoms with Crippen molar-refractivity contribution in [3.63, 3.8) is 0 Å². The van der Waals surface area contributed by atoms with Gasteiger partial charge in [-0.3, -0.25) is 4.79 Å². The maximum atomic E-state index is 13.0. The SMILES string of the molecule is CC[C@@H](C)N(Cc1csc(COc2ccccc2OC)n1)C(=O)c1ccccc1. The fourth-order valence-corrected chi connectivity index (χ4v) is 3.63. The molecule has 0 N–H and O–H groups in total. The third-order valence-corrected chi connectivity index (χ3v) is 5.63. The molecular weight excluding hydrogens is 384 g/mol. The van der Waals surface area contributed by atoms with Gasteiger partial charge in [0.15, 0.2) is 11.5 Å². The van der Waals surface area contributed by atoms with Gasteiger partial charge in [-0.25, -0.2) is 4.98 Å². The average Bonchev–Trinajstić information content (AvgIpc) is 3.23. The molecule has 152 valence electrons. The van der Waals surface area contributed by atoms with Gasteiger partial charge in [0.1, 0.15) is 11.6 Å². The Morgan fingerprint density at radius 1 is 1.10 bits per heavy atom. The van der Waals surface area contributed by atoms with E-state index < -0.39 is 0 Å². The molecule has 0 aliphatic rings. The van der Waals surface area contributed by atoms with E-state index in [-0.39, 0.29) is 11.9 Å². The second-order valence-electron chi connectivity index (χ2n) is 6.73. The van der Waals surface area contributed by atoms with E-state index in [0.717, 1.165) is 17.1 Å². The molecule has 0 fully saturated rings. The zero-order valence-electron chi connectivity index (χ0n) is 17.0. The maximum absolute atomic E-state index is 13.0. The van der Waals surface area contributed by atoms with Crippen molar-refractivity contribution >= 4 is 17.2 Å². The fourth-order valence-electron chi connectivity index (χ4n) is 2.93. The van der Waals surface area contributed by atoms with Crippen LogP contribution in [0.1, 0.15) is 41.3 Å². The van der Waals surface area contributed by atoms with Gasteiger partial charge in [-0.05, 0) is 37.6 Å². The molecule has 1 amide bonds. The molecule has 1 heterocycles. The standard InChI is InChI=1S/C23H26N2O3S/c1-4-17(2)25(23(26)18-10-6-5-7-11-18)14-19-16-29-22(24-19)15-28-21-13-9-8-12-20(21)27-3/h5-13,16-17H,4,14-15H2,1-3H3/t17-/m1/s1. The Hall–Kier alpha value is -2.86. The molecule has 0 saturated heterocycles. The number of carbonyl (C=O) groups excluding carboxylic acids is 1. The van der Waals surface area contributed by atoms with Gasteiger partial charge in [0, 0.05) is 17.0 Å². The summed E-state index contributed by atoms with van der Waals surface area (Å²) in [6.45, 7) is 5.00. The van der Waals surface area contributed by atoms with Crippen LogP contribution in [0.3, 0.4) is 0 Å². The molecular formula is C23H26N2O3S. The molecule has 3 rings (SSSR count). The Kier molecular flexibility index (Phi) is 7.25. The number of hydrogen-bond acceptors (Lipinski definition) is 5. The van der Waals surface area contributed by atoms with Gasteiger partial charge in [-0.2, -0.15) is 0 Å². The van der Waals surface area contributed by atoms with Crippen LogP contribution in [0, 0.1) is 0 Å². The van der Waals surface area contributed by atoms with E-state index in [2.05, 4.69) is 18.8 Å². The molecule has 0 spiro atoms. The Morgan fingerprint density at radius 2 is 1.79 bits per heavy atom. The van der Waals surface area contributed by atoms with Crippen LogP contribution in [0.15, 0.2) is 60.0 Å². The van der Waals surface area contributed by atoms with Crippen LogP contribution < -0.4 is 9.47 Å². The molecule has 0 aliphatic heterocycles. The van der Waals surface area contributed by atoms with Crippen molar-refractivity contribution in [3.8, 4) is 11.5 Å². The van der Waals surface area contributed by atoms with Crippen molar-refractivity contribution in [1.29, 1.82) is 0 Å². The number of para-hydroxylation sites is 2. The van der Waals surface area contributed by atoms with Crippen LogP contribution >= 0.6 is 11.3 Å². The lowest BCUT2D eigenvalue weighted by Gasteiger charge is -2.28. The van der Waals surface area contributed by atoms with Crippen molar-refractivity contribution in [1.82, 2.24) is 9.88 Å². The maximum Gasteiger partial charge on any atom is 0.254 e. The molecule has 0 radical (unpaired) electrons. The first kappa shape index (κ1) is 20.9. The first-order valence-corrected chi connectivity index (χ1v) is 10.6. The van der Waals surface area contributed by atoms with Crippen molar-refractivity contribution in [2.75, 3.05) is 7.11 Å². The second-order valence-corrected chi connectivity index (χ2v) is 7.67. The third kappa shape index (κ3) is 5.35. The first-order valence-electron chi connectivity index (χ1n) is 9.67. The lowest BCUT2D eigenvalue weighted by molar-refractivity contribution is 0.0669. The summed E-state index contributed by atoms with van der Waals surface area (Å²) in [5.74, 6) is 1.41. The van der Waals surface area contributed by atoms with E-state index in [1.165, 1.54) is 11.3 Å². The highest BCUT2D eigenvalue weighted by Gasteiger charge is 2.21. The number of rotatable bonds is 9. The summed E-state index contributed by atoms with van der Waals surface area (Å²) in [7, 11) is 1.62. The van der Waals surface area contributed by atoms with Crippen LogP contribution in [0.25, 0.3) is 0 Å². The monoisotopic (exact) mass is 410 g/mol. The Balaban J connectivity index is 1.68. The summed E-state index contributed by atoms with van der Waals surface area (Å²) in [5, 5.41) is 2.86. The molecule has 2 aromatic carbocycles. The van der Waals surface area contributed by atoms with Gasteiger partial charge >= 0.3 is 0 Å². The van der Waals surface area contributed by atoms with E-state index in [9.17, 15) is 4.79 Å². The van der Waals surface area contributed by atoms with Gasteiger partial charge < -0.3 is 14.4 Å². The molecule has 29 heavy (non-hydrogen) atoms. The van der Waals surface area contributed by atoms with Crippen LogP contribution in [0.2, 0.25) is 0 Å². The largest absolute Gasteiger partial charge is 0.493 e. The predicted molar refractivity (Wildman–Crippen MR) is 116 cm³/mol. The quantitative estimate of drug-likeness (QED) is 0.488. The van der Waals surface area contributed by atoms with Gasteiger partial charge in [-0.15, -0.1) is 11.3 Å². The highest BCUT2D eigenvalue weighted by molar-refractivity contribution is 7.09. The number of carbonyl (C=O) groups is 1. The Labute approximate surface area is 175 Å². The summed E-state index contributed by atoms with van der Waals surface area (Å²) in [5.41, 5.74) is 1.57. The molecule has 6 heteroatoms. The minimum Gasteiger partial charge on any atom is -0.493 e. The zero-order chi connectivity index (χ0) is 20.6. The lowest BCUT2D eigenvalue weighted by Crippen LogP contribution is -2.37. The summed E-state index contributed by atoms with van der Waals surface area (Å²) < 4.78 is 11.2. The molecule has 0 unspecified atom stereocenters. The highest BCUT2D eigenvalue weighted by atomic mass is 32.1. The minimum absolute atomic E-state index is 0.0276. The number of amides is 1. The van der Waals surface area contributed by atoms with Gasteiger partial charge in [-0.1, -0.05) is 37.3 Å². The van der Waals surface area contributed by atoms with E-state index >= 15 is 0 Å². The Morgan fingerprint density at radius 3 is 2.48 bits per heavy atom. The van der Waals surface area contributed by atoms with E-state index in [1.807, 2.05) is 64.9 Å². The number of aromatic nitrogens is 1. The number of methoxy groups -OCH3 is 1. The van der Waals surface area contributed by atoms with Crippen molar-refractivity contribution in [2.45, 2.75) is 39.5 Å². The van der Waals surface area contributed by atoms with Crippen LogP contribution in [0.4, 0.5) is 0 Å². The number of hydrogen-bond donors (Lipinski definition) is 0. The molecule has 5 nitrogen and oxygen atoms in total. The zero-order valence-corrected chi connectivity index (χ0v) is 17.8. The number of benzene rings is 2. The normalized spacial score (nSPS) is 11.7. The van der Waals surface area contributed by atoms with Crippen LogP contribution in [-0.2, 0) is 13.2 Å². The first-order chi connectivity index (χ1) is 14.1. The average molecular weight is 411 g/mol. The van der Waals surface area contributed by atoms with Gasteiger partial charge in [0.2, 0.25) is 0 Å². The molecule has 1 aromatic heterocycles. The topological polar surface area (TPSA) is 51.7 Å². The van der Waals surface area contributed by atoms with E-state index in [4.69, 9.17) is 9.47 Å². The summed E-state index contributed by atoms with van der Waals surface area (Å²) >= 11 is 1.54. The third-order valence-electron chi connectivity index (χ3n) is 4.76. The summed E-state index contributed by atoms with van der Waals surface area (Å²) in [4.78, 5) is 19.6. The van der Waals surface area contributed by atoms with Crippen molar-refractivity contribution in [2.24, 2.45) is 0 Å². The van der Waals surface area contributed by atoms with Gasteiger partial charge in [0.05, 0.1) is 19.3 Å². The fraction of sp³-hybridized carbons (Fsp3) is 0.304. The smallest absolute Gasteiger partial charge is 0.254 e. The Bertz CT molecular complexity index is 927. The van der Waals surface area contributed by atoms with Crippen molar-refractivity contribution < 1.29 is 14.3 Å². The molecule has 0 bridgehead atoms. The predicted octanol–water partition coefficient (Wildman–Crippen LogP) is 5.17. The highest BCUT2D eigenvalue weighted by Crippen LogP contribution is 2.27. The second kappa shape index (κ2) is 10.1. The number of nitrogens with zero attached hydrogens (tertiary/aromatic N) is 2. The summed E-state index contributed by atoms with van der Waals surface area (Å²) in [6, 6.07) is 17.1. The molecule has 0 saturated carbocycles.